The minimum Gasteiger partial charge on any atom is -0.193 e. The van der Waals surface area contributed by atoms with E-state index in [1.807, 2.05) is 54.6 Å². The zero-order valence-corrected chi connectivity index (χ0v) is 10.8. The highest BCUT2D eigenvalue weighted by Crippen LogP contribution is 2.04. The van der Waals surface area contributed by atoms with Crippen molar-refractivity contribution in [2.24, 2.45) is 0 Å². The lowest BCUT2D eigenvalue weighted by Crippen LogP contribution is -1.71. The van der Waals surface area contributed by atoms with Gasteiger partial charge in [-0.3, -0.25) is 0 Å². The maximum Gasteiger partial charge on any atom is 0.0944 e. The Hall–Kier alpha value is -2.33. The first-order valence-corrected chi connectivity index (χ1v) is 5.87. The average molecular weight is 235 g/mol. The van der Waals surface area contributed by atoms with E-state index in [4.69, 9.17) is 5.26 Å². The second kappa shape index (κ2) is 7.86. The van der Waals surface area contributed by atoms with Crippen LogP contribution in [0.15, 0.2) is 66.2 Å². The van der Waals surface area contributed by atoms with Crippen LogP contribution in [-0.2, 0) is 0 Å². The van der Waals surface area contributed by atoms with Crippen molar-refractivity contribution in [3.05, 3.63) is 77.4 Å². The Morgan fingerprint density at radius 1 is 0.944 bits per heavy atom. The number of aryl methyl sites for hydroxylation is 1. The van der Waals surface area contributed by atoms with Crippen LogP contribution in [0.4, 0.5) is 0 Å². The summed E-state index contributed by atoms with van der Waals surface area (Å²) >= 11 is 0. The molecular formula is C17H17N. The van der Waals surface area contributed by atoms with Crippen molar-refractivity contribution < 1.29 is 0 Å². The molecule has 0 fully saturated rings. The Bertz CT molecular complexity index is 519. The van der Waals surface area contributed by atoms with E-state index in [0.29, 0.717) is 0 Å². The number of rotatable bonds is 1. The van der Waals surface area contributed by atoms with Crippen LogP contribution < -0.4 is 0 Å². The summed E-state index contributed by atoms with van der Waals surface area (Å²) in [5, 5.41) is 8.48. The fraction of sp³-hybridized carbons (Fsp3) is 0.118. The molecule has 0 amide bonds. The fourth-order valence-corrected chi connectivity index (χ4v) is 1.37. The van der Waals surface area contributed by atoms with Crippen LogP contribution in [0.2, 0.25) is 0 Å². The summed E-state index contributed by atoms with van der Waals surface area (Å²) in [7, 11) is 0. The van der Waals surface area contributed by atoms with Crippen LogP contribution in [0.1, 0.15) is 18.1 Å². The van der Waals surface area contributed by atoms with Gasteiger partial charge in [-0.15, -0.1) is 0 Å². The average Bonchev–Trinajstić information content (AvgIpc) is 2.41. The van der Waals surface area contributed by atoms with Crippen molar-refractivity contribution in [1.82, 2.24) is 0 Å². The minimum atomic E-state index is 0.733. The standard InChI is InChI=1S/C10H9N.C7H8/c1-9(8-11)7-10-5-3-2-4-6-10;1-7-5-3-2-4-6-7/h2-7H,1H3;2-6H,1H3/b9-7-;. The lowest BCUT2D eigenvalue weighted by molar-refractivity contribution is 1.46. The molecular weight excluding hydrogens is 218 g/mol. The Balaban J connectivity index is 0.000000199. The van der Waals surface area contributed by atoms with Crippen LogP contribution in [0.5, 0.6) is 0 Å². The Morgan fingerprint density at radius 2 is 1.44 bits per heavy atom. The molecule has 0 saturated carbocycles. The zero-order valence-electron chi connectivity index (χ0n) is 10.8. The van der Waals surface area contributed by atoms with E-state index < -0.39 is 0 Å². The van der Waals surface area contributed by atoms with Crippen LogP contribution >= 0.6 is 0 Å². The molecule has 0 spiro atoms. The van der Waals surface area contributed by atoms with Gasteiger partial charge in [0.1, 0.15) is 0 Å². The maximum absolute atomic E-state index is 8.48. The second-order valence-electron chi connectivity index (χ2n) is 4.00. The highest BCUT2D eigenvalue weighted by Gasteiger charge is 1.85. The first-order chi connectivity index (χ1) is 8.72. The van der Waals surface area contributed by atoms with Gasteiger partial charge in [-0.25, -0.2) is 0 Å². The molecule has 2 rings (SSSR count). The van der Waals surface area contributed by atoms with Gasteiger partial charge in [0.05, 0.1) is 6.07 Å². The Kier molecular flexibility index (Phi) is 6.00. The summed E-state index contributed by atoms with van der Waals surface area (Å²) in [4.78, 5) is 0. The molecule has 0 aromatic heterocycles. The van der Waals surface area contributed by atoms with Crippen molar-refractivity contribution in [2.45, 2.75) is 13.8 Å². The maximum atomic E-state index is 8.48. The summed E-state index contributed by atoms with van der Waals surface area (Å²) < 4.78 is 0. The summed E-state index contributed by atoms with van der Waals surface area (Å²) in [6.45, 7) is 3.88. The van der Waals surface area contributed by atoms with E-state index in [-0.39, 0.29) is 0 Å². The van der Waals surface area contributed by atoms with Gasteiger partial charge in [0.25, 0.3) is 0 Å². The third kappa shape index (κ3) is 5.67. The lowest BCUT2D eigenvalue weighted by Gasteiger charge is -1.90. The van der Waals surface area contributed by atoms with Crippen molar-refractivity contribution in [2.75, 3.05) is 0 Å². The van der Waals surface area contributed by atoms with E-state index >= 15 is 0 Å². The normalized spacial score (nSPS) is 9.94. The molecule has 0 aliphatic carbocycles. The second-order valence-corrected chi connectivity index (χ2v) is 4.00. The highest BCUT2D eigenvalue weighted by molar-refractivity contribution is 5.55. The molecule has 0 unspecified atom stereocenters. The molecule has 1 nitrogen and oxygen atoms in total. The largest absolute Gasteiger partial charge is 0.193 e. The highest BCUT2D eigenvalue weighted by atomic mass is 14.2. The summed E-state index contributed by atoms with van der Waals surface area (Å²) in [5.74, 6) is 0. The molecule has 1 heteroatoms. The van der Waals surface area contributed by atoms with E-state index in [1.165, 1.54) is 5.56 Å². The molecule has 2 aromatic rings. The number of nitriles is 1. The zero-order chi connectivity index (χ0) is 13.2. The summed E-state index contributed by atoms with van der Waals surface area (Å²) in [5.41, 5.74) is 3.13. The van der Waals surface area contributed by atoms with Gasteiger partial charge < -0.3 is 0 Å². The molecule has 0 N–H and O–H groups in total. The molecule has 0 heterocycles. The van der Waals surface area contributed by atoms with Gasteiger partial charge in [-0.2, -0.15) is 5.26 Å². The lowest BCUT2D eigenvalue weighted by atomic mass is 10.1. The predicted octanol–water partition coefficient (Wildman–Crippen LogP) is 4.61. The van der Waals surface area contributed by atoms with E-state index in [2.05, 4.69) is 25.1 Å². The molecule has 0 atom stereocenters. The number of benzene rings is 2. The van der Waals surface area contributed by atoms with Gasteiger partial charge in [0.2, 0.25) is 0 Å². The molecule has 0 radical (unpaired) electrons. The minimum absolute atomic E-state index is 0.733. The molecule has 0 aliphatic rings. The summed E-state index contributed by atoms with van der Waals surface area (Å²) in [6.07, 6.45) is 1.86. The van der Waals surface area contributed by atoms with Crippen LogP contribution in [-0.4, -0.2) is 0 Å². The first-order valence-electron chi connectivity index (χ1n) is 5.87. The Morgan fingerprint density at radius 3 is 1.83 bits per heavy atom. The molecule has 0 aliphatic heterocycles. The number of hydrogen-bond donors (Lipinski definition) is 0. The van der Waals surface area contributed by atoms with Crippen LogP contribution in [0.3, 0.4) is 0 Å². The number of nitrogens with zero attached hydrogens (tertiary/aromatic N) is 1. The summed E-state index contributed by atoms with van der Waals surface area (Å²) in [6, 6.07) is 22.1. The van der Waals surface area contributed by atoms with E-state index in [0.717, 1.165) is 11.1 Å². The van der Waals surface area contributed by atoms with Gasteiger partial charge in [-0.05, 0) is 25.5 Å². The quantitative estimate of drug-likeness (QED) is 0.662. The van der Waals surface area contributed by atoms with Crippen molar-refractivity contribution in [3.63, 3.8) is 0 Å². The smallest absolute Gasteiger partial charge is 0.0944 e. The van der Waals surface area contributed by atoms with Gasteiger partial charge >= 0.3 is 0 Å². The SMILES string of the molecule is C/C(C#N)=C/c1ccccc1.Cc1ccccc1. The molecule has 0 saturated heterocycles. The van der Waals surface area contributed by atoms with Crippen molar-refractivity contribution in [3.8, 4) is 6.07 Å². The van der Waals surface area contributed by atoms with Gasteiger partial charge in [0, 0.05) is 5.57 Å². The molecule has 0 bridgehead atoms. The monoisotopic (exact) mass is 235 g/mol. The predicted molar refractivity (Wildman–Crippen MR) is 76.9 cm³/mol. The van der Waals surface area contributed by atoms with Gasteiger partial charge in [0.15, 0.2) is 0 Å². The number of hydrogen-bond acceptors (Lipinski definition) is 1. The third-order valence-corrected chi connectivity index (χ3v) is 2.30. The van der Waals surface area contributed by atoms with Crippen molar-refractivity contribution >= 4 is 6.08 Å². The topological polar surface area (TPSA) is 23.8 Å². The van der Waals surface area contributed by atoms with E-state index in [9.17, 15) is 0 Å². The number of allylic oxidation sites excluding steroid dienone is 1. The first kappa shape index (κ1) is 13.7. The van der Waals surface area contributed by atoms with Crippen molar-refractivity contribution in [1.29, 1.82) is 5.26 Å². The molecule has 18 heavy (non-hydrogen) atoms. The van der Waals surface area contributed by atoms with Gasteiger partial charge in [-0.1, -0.05) is 66.2 Å². The Labute approximate surface area is 109 Å². The molecule has 90 valence electrons. The molecule has 2 aromatic carbocycles. The van der Waals surface area contributed by atoms with E-state index in [1.54, 1.807) is 6.92 Å². The third-order valence-electron chi connectivity index (χ3n) is 2.30. The van der Waals surface area contributed by atoms with Crippen LogP contribution in [0, 0.1) is 18.3 Å². The fourth-order valence-electron chi connectivity index (χ4n) is 1.37. The van der Waals surface area contributed by atoms with Crippen LogP contribution in [0.25, 0.3) is 6.08 Å².